The molecule has 1 saturated heterocycles. The highest BCUT2D eigenvalue weighted by Crippen LogP contribution is 2.32. The van der Waals surface area contributed by atoms with E-state index >= 15 is 0 Å². The number of thiocarbonyl (C=S) groups is 1. The molecule has 1 aliphatic heterocycles. The first-order valence-corrected chi connectivity index (χ1v) is 10.1. The molecule has 0 bridgehead atoms. The van der Waals surface area contributed by atoms with Gasteiger partial charge in [-0.1, -0.05) is 42.2 Å². The van der Waals surface area contributed by atoms with Crippen LogP contribution >= 0.6 is 24.0 Å². The number of thioether (sulfide) groups is 1. The van der Waals surface area contributed by atoms with Crippen molar-refractivity contribution in [3.8, 4) is 23.0 Å². The molecule has 0 aromatic heterocycles. The van der Waals surface area contributed by atoms with Crippen molar-refractivity contribution in [3.05, 3.63) is 52.9 Å². The van der Waals surface area contributed by atoms with Crippen LogP contribution in [-0.4, -0.2) is 37.7 Å². The lowest BCUT2D eigenvalue weighted by molar-refractivity contribution is -0.115. The molecule has 1 amide bonds. The lowest BCUT2D eigenvalue weighted by atomic mass is 10.2. The van der Waals surface area contributed by atoms with Crippen molar-refractivity contribution in [2.24, 2.45) is 0 Å². The van der Waals surface area contributed by atoms with E-state index in [0.717, 1.165) is 5.56 Å². The molecule has 0 atom stereocenters. The van der Waals surface area contributed by atoms with Crippen LogP contribution in [0.1, 0.15) is 12.0 Å². The van der Waals surface area contributed by atoms with Crippen LogP contribution in [0.3, 0.4) is 0 Å². The Labute approximate surface area is 179 Å². The summed E-state index contributed by atoms with van der Waals surface area (Å²) in [6, 6.07) is 13.0. The van der Waals surface area contributed by atoms with Gasteiger partial charge in [-0.2, -0.15) is 0 Å². The molecule has 0 aliphatic carbocycles. The minimum atomic E-state index is -0.186. The molecular weight excluding hydrogens is 410 g/mol. The van der Waals surface area contributed by atoms with Crippen LogP contribution in [0.4, 0.5) is 0 Å². The summed E-state index contributed by atoms with van der Waals surface area (Å²) in [6.45, 7) is 0.970. The van der Waals surface area contributed by atoms with E-state index in [1.54, 1.807) is 20.3 Å². The van der Waals surface area contributed by atoms with Gasteiger partial charge < -0.3 is 24.3 Å². The summed E-state index contributed by atoms with van der Waals surface area (Å²) in [4.78, 5) is 12.3. The Hall–Kier alpha value is -2.71. The van der Waals surface area contributed by atoms with Gasteiger partial charge in [0.25, 0.3) is 5.91 Å². The smallest absolute Gasteiger partial charge is 0.263 e. The quantitative estimate of drug-likeness (QED) is 0.365. The van der Waals surface area contributed by atoms with Crippen molar-refractivity contribution in [1.82, 2.24) is 5.32 Å². The van der Waals surface area contributed by atoms with Crippen molar-refractivity contribution >= 4 is 40.3 Å². The van der Waals surface area contributed by atoms with Crippen LogP contribution in [0, 0.1) is 0 Å². The van der Waals surface area contributed by atoms with Crippen molar-refractivity contribution < 1.29 is 23.7 Å². The molecule has 152 valence electrons. The normalized spacial score (nSPS) is 14.6. The number of rotatable bonds is 9. The van der Waals surface area contributed by atoms with E-state index in [2.05, 4.69) is 5.32 Å². The van der Waals surface area contributed by atoms with E-state index in [1.807, 2.05) is 42.5 Å². The predicted molar refractivity (Wildman–Crippen MR) is 118 cm³/mol. The lowest BCUT2D eigenvalue weighted by Crippen LogP contribution is -2.17. The fourth-order valence-electron chi connectivity index (χ4n) is 2.63. The molecule has 1 fully saturated rings. The Morgan fingerprint density at radius 3 is 2.24 bits per heavy atom. The molecule has 0 saturated carbocycles. The first-order valence-electron chi connectivity index (χ1n) is 8.92. The minimum absolute atomic E-state index is 0.186. The Morgan fingerprint density at radius 1 is 0.966 bits per heavy atom. The van der Waals surface area contributed by atoms with Gasteiger partial charge in [-0.3, -0.25) is 4.79 Å². The summed E-state index contributed by atoms with van der Waals surface area (Å²) >= 11 is 6.24. The summed E-state index contributed by atoms with van der Waals surface area (Å²) in [5, 5.41) is 2.60. The number of para-hydroxylation sites is 2. The molecule has 1 N–H and O–H groups in total. The Balaban J connectivity index is 1.54. The first kappa shape index (κ1) is 21.0. The molecule has 0 radical (unpaired) electrons. The lowest BCUT2D eigenvalue weighted by Gasteiger charge is -2.13. The van der Waals surface area contributed by atoms with Gasteiger partial charge >= 0.3 is 0 Å². The number of nitrogens with one attached hydrogen (secondary N) is 1. The summed E-state index contributed by atoms with van der Waals surface area (Å²) < 4.78 is 22.7. The van der Waals surface area contributed by atoms with Gasteiger partial charge in [0.05, 0.1) is 32.3 Å². The number of amides is 1. The standard InChI is InChI=1S/C21H21NO5S2/c1-24-15-6-3-4-7-16(15)26-10-5-11-27-17-9-8-14(12-18(17)25-2)13-19-20(23)22-21(28)29-19/h3-4,6-9,12-13H,5,10-11H2,1-2H3,(H,22,23,28)/b19-13+. The number of carbonyl (C=O) groups is 1. The number of hydrogen-bond donors (Lipinski definition) is 1. The molecule has 8 heteroatoms. The fourth-order valence-corrected chi connectivity index (χ4v) is 3.67. The maximum atomic E-state index is 11.8. The number of ether oxygens (including phenoxy) is 4. The highest BCUT2D eigenvalue weighted by atomic mass is 32.2. The number of carbonyl (C=O) groups excluding carboxylic acids is 1. The molecule has 0 unspecified atom stereocenters. The van der Waals surface area contributed by atoms with Crippen molar-refractivity contribution in [2.75, 3.05) is 27.4 Å². The van der Waals surface area contributed by atoms with Crippen molar-refractivity contribution in [1.29, 1.82) is 0 Å². The van der Waals surface area contributed by atoms with Crippen molar-refractivity contribution in [2.45, 2.75) is 6.42 Å². The minimum Gasteiger partial charge on any atom is -0.493 e. The molecular formula is C21H21NO5S2. The molecule has 2 aromatic rings. The van der Waals surface area contributed by atoms with Gasteiger partial charge in [0, 0.05) is 6.42 Å². The van der Waals surface area contributed by atoms with Crippen LogP contribution < -0.4 is 24.3 Å². The largest absolute Gasteiger partial charge is 0.493 e. The number of hydrogen-bond acceptors (Lipinski definition) is 7. The summed E-state index contributed by atoms with van der Waals surface area (Å²) in [5.74, 6) is 2.45. The molecule has 29 heavy (non-hydrogen) atoms. The maximum Gasteiger partial charge on any atom is 0.263 e. The second-order valence-corrected chi connectivity index (χ2v) is 7.68. The molecule has 1 aliphatic rings. The van der Waals surface area contributed by atoms with E-state index < -0.39 is 0 Å². The van der Waals surface area contributed by atoms with E-state index in [9.17, 15) is 4.79 Å². The average molecular weight is 432 g/mol. The van der Waals surface area contributed by atoms with Crippen LogP contribution in [-0.2, 0) is 4.79 Å². The predicted octanol–water partition coefficient (Wildman–Crippen LogP) is 4.04. The Bertz CT molecular complexity index is 929. The molecule has 1 heterocycles. The third kappa shape index (κ3) is 5.65. The molecule has 0 spiro atoms. The van der Waals surface area contributed by atoms with Gasteiger partial charge in [0.1, 0.15) is 4.32 Å². The summed E-state index contributed by atoms with van der Waals surface area (Å²) in [5.41, 5.74) is 0.830. The highest BCUT2D eigenvalue weighted by Gasteiger charge is 2.22. The van der Waals surface area contributed by atoms with Crippen LogP contribution in [0.25, 0.3) is 6.08 Å². The Kier molecular flexibility index (Phi) is 7.37. The van der Waals surface area contributed by atoms with E-state index in [-0.39, 0.29) is 5.91 Å². The Morgan fingerprint density at radius 2 is 1.62 bits per heavy atom. The third-order valence-corrected chi connectivity index (χ3v) is 5.16. The van der Waals surface area contributed by atoms with Gasteiger partial charge in [-0.05, 0) is 35.9 Å². The topological polar surface area (TPSA) is 66.0 Å². The van der Waals surface area contributed by atoms with Crippen LogP contribution in [0.15, 0.2) is 47.4 Å². The van der Waals surface area contributed by atoms with Crippen LogP contribution in [0.2, 0.25) is 0 Å². The van der Waals surface area contributed by atoms with Crippen LogP contribution in [0.5, 0.6) is 23.0 Å². The summed E-state index contributed by atoms with van der Waals surface area (Å²) in [6.07, 6.45) is 2.47. The average Bonchev–Trinajstić information content (AvgIpc) is 3.05. The second-order valence-electron chi connectivity index (χ2n) is 5.96. The summed E-state index contributed by atoms with van der Waals surface area (Å²) in [7, 11) is 3.19. The van der Waals surface area contributed by atoms with Crippen molar-refractivity contribution in [3.63, 3.8) is 0 Å². The van der Waals surface area contributed by atoms with Gasteiger partial charge in [0.15, 0.2) is 23.0 Å². The van der Waals surface area contributed by atoms with E-state index in [0.29, 0.717) is 51.9 Å². The molecule has 2 aromatic carbocycles. The first-order chi connectivity index (χ1) is 14.1. The molecule has 6 nitrogen and oxygen atoms in total. The zero-order valence-electron chi connectivity index (χ0n) is 16.1. The fraction of sp³-hybridized carbons (Fsp3) is 0.238. The number of benzene rings is 2. The van der Waals surface area contributed by atoms with E-state index in [4.69, 9.17) is 31.2 Å². The molecule has 3 rings (SSSR count). The van der Waals surface area contributed by atoms with Gasteiger partial charge in [-0.15, -0.1) is 0 Å². The third-order valence-electron chi connectivity index (χ3n) is 4.00. The number of methoxy groups -OCH3 is 2. The second kappa shape index (κ2) is 10.2. The monoisotopic (exact) mass is 431 g/mol. The highest BCUT2D eigenvalue weighted by molar-refractivity contribution is 8.26. The SMILES string of the molecule is COc1ccccc1OCCCOc1ccc(/C=C2/SC(=S)NC2=O)cc1OC. The maximum absolute atomic E-state index is 11.8. The zero-order valence-corrected chi connectivity index (χ0v) is 17.7. The van der Waals surface area contributed by atoms with Gasteiger partial charge in [-0.25, -0.2) is 0 Å². The zero-order chi connectivity index (χ0) is 20.6. The van der Waals surface area contributed by atoms with E-state index in [1.165, 1.54) is 11.8 Å². The van der Waals surface area contributed by atoms with Gasteiger partial charge in [0.2, 0.25) is 0 Å².